The fourth-order valence-electron chi connectivity index (χ4n) is 2.11. The van der Waals surface area contributed by atoms with E-state index in [1.54, 1.807) is 6.92 Å². The largest absolute Gasteiger partial charge is 1.00 e. The van der Waals surface area contributed by atoms with Crippen LogP contribution in [0.25, 0.3) is 0 Å². The Morgan fingerprint density at radius 1 is 1.12 bits per heavy atom. The highest BCUT2D eigenvalue weighted by Gasteiger charge is 2.05. The third-order valence-electron chi connectivity index (χ3n) is 3.58. The number of azo groups is 1. The van der Waals surface area contributed by atoms with Crippen LogP contribution in [0.4, 0.5) is 17.1 Å². The van der Waals surface area contributed by atoms with Gasteiger partial charge in [-0.15, -0.1) is 0 Å². The molecule has 0 radical (unpaired) electrons. The Labute approximate surface area is 160 Å². The summed E-state index contributed by atoms with van der Waals surface area (Å²) in [6.07, 6.45) is 0. The van der Waals surface area contributed by atoms with Gasteiger partial charge >= 0.3 is 5.97 Å². The van der Waals surface area contributed by atoms with Crippen LogP contribution in [-0.2, 0) is 9.53 Å². The number of anilines is 1. The third kappa shape index (κ3) is 6.69. The number of ether oxygens (including phenoxy) is 1. The monoisotopic (exact) mass is 372 g/mol. The third-order valence-corrected chi connectivity index (χ3v) is 3.58. The van der Waals surface area contributed by atoms with E-state index in [4.69, 9.17) is 4.74 Å². The molecule has 5 nitrogen and oxygen atoms in total. The first kappa shape index (κ1) is 21.4. The van der Waals surface area contributed by atoms with Gasteiger partial charge in [-0.05, 0) is 55.8 Å². The van der Waals surface area contributed by atoms with E-state index in [9.17, 15) is 4.79 Å². The van der Waals surface area contributed by atoms with E-state index in [1.165, 1.54) is 0 Å². The molecule has 2 aromatic rings. The number of carbonyl (C=O) groups excluding carboxylic acids is 1. The van der Waals surface area contributed by atoms with Crippen molar-refractivity contribution in [2.75, 3.05) is 25.1 Å². The predicted octanol–water partition coefficient (Wildman–Crippen LogP) is 1.97. The van der Waals surface area contributed by atoms with Gasteiger partial charge in [0.1, 0.15) is 6.61 Å². The molecule has 0 bridgehead atoms. The second-order valence-corrected chi connectivity index (χ2v) is 5.89. The molecule has 0 aromatic heterocycles. The van der Waals surface area contributed by atoms with E-state index in [1.807, 2.05) is 67.4 Å². The molecule has 0 N–H and O–H groups in total. The second kappa shape index (κ2) is 10.4. The molecule has 0 spiro atoms. The van der Waals surface area contributed by atoms with E-state index in [-0.39, 0.29) is 18.4 Å². The maximum absolute atomic E-state index is 11.4. The summed E-state index contributed by atoms with van der Waals surface area (Å²) < 4.78 is 5.10. The van der Waals surface area contributed by atoms with Crippen molar-refractivity contribution in [1.29, 1.82) is 0 Å². The van der Waals surface area contributed by atoms with Gasteiger partial charge in [-0.1, -0.05) is 18.7 Å². The maximum Gasteiger partial charge on any atom is 0.333 e. The van der Waals surface area contributed by atoms with Crippen LogP contribution in [0.5, 0.6) is 0 Å². The zero-order valence-corrected chi connectivity index (χ0v) is 16.0. The van der Waals surface area contributed by atoms with E-state index in [0.29, 0.717) is 18.7 Å². The average molecular weight is 373 g/mol. The highest BCUT2D eigenvalue weighted by Crippen LogP contribution is 2.22. The predicted molar refractivity (Wildman–Crippen MR) is 101 cm³/mol. The molecule has 0 atom stereocenters. The van der Waals surface area contributed by atoms with Crippen LogP contribution in [0, 0.1) is 6.92 Å². The van der Waals surface area contributed by atoms with E-state index >= 15 is 0 Å². The molecular weight excluding hydrogens is 350 g/mol. The summed E-state index contributed by atoms with van der Waals surface area (Å²) in [7, 11) is 1.94. The quantitative estimate of drug-likeness (QED) is 0.424. The Kier molecular flexibility index (Phi) is 8.52. The van der Waals surface area contributed by atoms with Gasteiger partial charge in [-0.25, -0.2) is 4.79 Å². The summed E-state index contributed by atoms with van der Waals surface area (Å²) in [6.45, 7) is 8.13. The first-order chi connectivity index (χ1) is 12.0. The number of halogens is 1. The lowest BCUT2D eigenvalue weighted by Gasteiger charge is -2.19. The minimum Gasteiger partial charge on any atom is -1.00 e. The van der Waals surface area contributed by atoms with E-state index < -0.39 is 0 Å². The maximum atomic E-state index is 11.4. The van der Waals surface area contributed by atoms with Gasteiger partial charge in [0.15, 0.2) is 0 Å². The van der Waals surface area contributed by atoms with Crippen molar-refractivity contribution in [3.05, 3.63) is 66.2 Å². The number of aryl methyl sites for hydroxylation is 1. The number of carbonyl (C=O) groups is 1. The van der Waals surface area contributed by atoms with Gasteiger partial charge < -0.3 is 22.0 Å². The number of benzene rings is 2. The molecule has 2 rings (SSSR count). The van der Waals surface area contributed by atoms with E-state index in [0.717, 1.165) is 22.6 Å². The molecule has 26 heavy (non-hydrogen) atoms. The Morgan fingerprint density at radius 2 is 1.77 bits per heavy atom. The highest BCUT2D eigenvalue weighted by atomic mass is 35.5. The van der Waals surface area contributed by atoms with Gasteiger partial charge in [0.2, 0.25) is 0 Å². The fraction of sp³-hybridized carbons (Fsp3) is 0.250. The van der Waals surface area contributed by atoms with Crippen molar-refractivity contribution < 1.29 is 21.9 Å². The highest BCUT2D eigenvalue weighted by molar-refractivity contribution is 5.86. The zero-order valence-electron chi connectivity index (χ0n) is 15.3. The lowest BCUT2D eigenvalue weighted by Crippen LogP contribution is -3.00. The molecule has 138 valence electrons. The molecule has 0 unspecified atom stereocenters. The standard InChI is InChI=1S/C20H23N3O2.ClH/c1-15(2)20(24)25-13-12-23(4)19-10-8-17(9-11-19)21-22-18-7-5-6-16(3)14-18;/h5-11,14H,1,12-13H2,2-4H3;1H/p-1. The van der Waals surface area contributed by atoms with Crippen LogP contribution >= 0.6 is 0 Å². The first-order valence-corrected chi connectivity index (χ1v) is 8.08. The molecule has 0 aliphatic carbocycles. The summed E-state index contributed by atoms with van der Waals surface area (Å²) in [5.41, 5.74) is 4.19. The van der Waals surface area contributed by atoms with Crippen LogP contribution in [0.2, 0.25) is 0 Å². The lowest BCUT2D eigenvalue weighted by atomic mass is 10.2. The fourth-order valence-corrected chi connectivity index (χ4v) is 2.11. The van der Waals surface area contributed by atoms with Crippen molar-refractivity contribution in [3.8, 4) is 0 Å². The van der Waals surface area contributed by atoms with Crippen molar-refractivity contribution in [2.45, 2.75) is 13.8 Å². The molecule has 0 heterocycles. The van der Waals surface area contributed by atoms with Crippen molar-refractivity contribution in [1.82, 2.24) is 0 Å². The van der Waals surface area contributed by atoms with Crippen LogP contribution in [-0.4, -0.2) is 26.2 Å². The smallest absolute Gasteiger partial charge is 0.333 e. The molecule has 0 saturated carbocycles. The molecule has 6 heteroatoms. The van der Waals surface area contributed by atoms with Gasteiger partial charge in [0.25, 0.3) is 0 Å². The number of hydrogen-bond donors (Lipinski definition) is 0. The lowest BCUT2D eigenvalue weighted by molar-refractivity contribution is -0.138. The Bertz CT molecular complexity index is 773. The number of likely N-dealkylation sites (N-methyl/N-ethyl adjacent to an activating group) is 1. The summed E-state index contributed by atoms with van der Waals surface area (Å²) in [6, 6.07) is 15.6. The SMILES string of the molecule is C=C(C)C(=O)OCCN(C)c1ccc(N=Nc2cccc(C)c2)cc1.[Cl-]. The molecule has 2 aromatic carbocycles. The normalized spacial score (nSPS) is 10.3. The molecule has 0 fully saturated rings. The Balaban J connectivity index is 0.00000338. The Morgan fingerprint density at radius 3 is 2.38 bits per heavy atom. The molecular formula is C20H23ClN3O2-. The van der Waals surface area contributed by atoms with Crippen LogP contribution in [0.3, 0.4) is 0 Å². The number of nitrogens with zero attached hydrogens (tertiary/aromatic N) is 3. The minimum absolute atomic E-state index is 0. The average Bonchev–Trinajstić information content (AvgIpc) is 2.60. The Hall–Kier alpha value is -2.66. The van der Waals surface area contributed by atoms with Gasteiger partial charge in [0.05, 0.1) is 17.9 Å². The summed E-state index contributed by atoms with van der Waals surface area (Å²) in [4.78, 5) is 13.4. The number of esters is 1. The molecule has 0 saturated heterocycles. The van der Waals surface area contributed by atoms with Gasteiger partial charge in [0, 0.05) is 18.3 Å². The number of hydrogen-bond acceptors (Lipinski definition) is 5. The van der Waals surface area contributed by atoms with Crippen LogP contribution < -0.4 is 17.3 Å². The molecule has 0 aliphatic heterocycles. The number of rotatable bonds is 7. The molecule has 0 aliphatic rings. The van der Waals surface area contributed by atoms with Crippen LogP contribution in [0.15, 0.2) is 70.9 Å². The van der Waals surface area contributed by atoms with Crippen molar-refractivity contribution in [3.63, 3.8) is 0 Å². The second-order valence-electron chi connectivity index (χ2n) is 5.89. The minimum atomic E-state index is -0.361. The summed E-state index contributed by atoms with van der Waals surface area (Å²) in [5, 5.41) is 8.49. The van der Waals surface area contributed by atoms with Crippen molar-refractivity contribution in [2.24, 2.45) is 10.2 Å². The summed E-state index contributed by atoms with van der Waals surface area (Å²) in [5.74, 6) is -0.361. The zero-order chi connectivity index (χ0) is 18.2. The molecule has 0 amide bonds. The first-order valence-electron chi connectivity index (χ1n) is 8.08. The van der Waals surface area contributed by atoms with Gasteiger partial charge in [-0.3, -0.25) is 0 Å². The van der Waals surface area contributed by atoms with Gasteiger partial charge in [-0.2, -0.15) is 10.2 Å². The topological polar surface area (TPSA) is 54.3 Å². The summed E-state index contributed by atoms with van der Waals surface area (Å²) >= 11 is 0. The van der Waals surface area contributed by atoms with Crippen LogP contribution in [0.1, 0.15) is 12.5 Å². The van der Waals surface area contributed by atoms with Crippen molar-refractivity contribution >= 4 is 23.0 Å². The van der Waals surface area contributed by atoms with E-state index in [2.05, 4.69) is 16.8 Å².